The van der Waals surface area contributed by atoms with Crippen LogP contribution >= 0.6 is 0 Å². The zero-order valence-corrected chi connectivity index (χ0v) is 11.5. The van der Waals surface area contributed by atoms with E-state index in [0.29, 0.717) is 6.54 Å². The third kappa shape index (κ3) is 5.81. The summed E-state index contributed by atoms with van der Waals surface area (Å²) in [4.78, 5) is 24.8. The van der Waals surface area contributed by atoms with Crippen LogP contribution in [0.25, 0.3) is 0 Å². The molecule has 0 heterocycles. The smallest absolute Gasteiger partial charge is 0.311 e. The fourth-order valence-electron chi connectivity index (χ4n) is 1.58. The molecular weight excluding hydrogens is 260 g/mol. The lowest BCUT2D eigenvalue weighted by Crippen LogP contribution is -2.41. The number of hydrogen-bond donors (Lipinski definition) is 2. The number of nitrogens with zero attached hydrogens (tertiary/aromatic N) is 1. The average molecular weight is 280 g/mol. The number of aliphatic hydroxyl groups is 1. The summed E-state index contributed by atoms with van der Waals surface area (Å²) in [6.07, 6.45) is 0. The van der Waals surface area contributed by atoms with E-state index in [-0.39, 0.29) is 26.4 Å². The Morgan fingerprint density at radius 1 is 1.25 bits per heavy atom. The molecule has 0 atom stereocenters. The van der Waals surface area contributed by atoms with Crippen molar-refractivity contribution in [2.75, 3.05) is 33.4 Å². The molecule has 1 aromatic carbocycles. The predicted molar refractivity (Wildman–Crippen MR) is 73.8 cm³/mol. The molecule has 0 saturated heterocycles. The Morgan fingerprint density at radius 3 is 2.60 bits per heavy atom. The van der Waals surface area contributed by atoms with Crippen molar-refractivity contribution in [3.63, 3.8) is 0 Å². The fraction of sp³-hybridized carbons (Fsp3) is 0.429. The Hall–Kier alpha value is -1.92. The number of carbonyl (C=O) groups excluding carboxylic acids is 2. The first-order chi connectivity index (χ1) is 9.65. The molecule has 0 radical (unpaired) electrons. The van der Waals surface area contributed by atoms with Gasteiger partial charge in [-0.05, 0) is 5.56 Å². The van der Waals surface area contributed by atoms with Gasteiger partial charge in [-0.3, -0.25) is 9.59 Å². The second kappa shape index (κ2) is 9.06. The highest BCUT2D eigenvalue weighted by atomic mass is 16.5. The lowest BCUT2D eigenvalue weighted by atomic mass is 10.2. The highest BCUT2D eigenvalue weighted by Crippen LogP contribution is 2.02. The van der Waals surface area contributed by atoms with Gasteiger partial charge in [-0.25, -0.2) is 0 Å². The summed E-state index contributed by atoms with van der Waals surface area (Å²) < 4.78 is 4.98. The predicted octanol–water partition coefficient (Wildman–Crippen LogP) is -0.230. The van der Waals surface area contributed by atoms with Crippen molar-refractivity contribution in [1.82, 2.24) is 10.2 Å². The quantitative estimate of drug-likeness (QED) is 0.534. The van der Waals surface area contributed by atoms with Gasteiger partial charge in [-0.2, -0.15) is 0 Å². The van der Waals surface area contributed by atoms with E-state index in [9.17, 15) is 9.59 Å². The number of carbonyl (C=O) groups is 2. The van der Waals surface area contributed by atoms with E-state index >= 15 is 0 Å². The summed E-state index contributed by atoms with van der Waals surface area (Å²) in [5.74, 6) is -1.24. The third-order valence-corrected chi connectivity index (χ3v) is 2.57. The Balaban J connectivity index is 2.31. The van der Waals surface area contributed by atoms with E-state index in [2.05, 4.69) is 5.32 Å². The van der Waals surface area contributed by atoms with Gasteiger partial charge in [0.25, 0.3) is 0 Å². The van der Waals surface area contributed by atoms with Crippen LogP contribution in [0, 0.1) is 0 Å². The van der Waals surface area contributed by atoms with Gasteiger partial charge < -0.3 is 20.1 Å². The fourth-order valence-corrected chi connectivity index (χ4v) is 1.58. The number of likely N-dealkylation sites (N-methyl/N-ethyl adjacent to an activating group) is 1. The van der Waals surface area contributed by atoms with Gasteiger partial charge in [-0.1, -0.05) is 30.3 Å². The van der Waals surface area contributed by atoms with Gasteiger partial charge >= 0.3 is 11.8 Å². The van der Waals surface area contributed by atoms with Crippen molar-refractivity contribution < 1.29 is 19.4 Å². The van der Waals surface area contributed by atoms with E-state index in [0.717, 1.165) is 5.56 Å². The SMILES string of the molecule is CN(Cc1ccccc1)C(=O)C(=O)NCCOCCO. The second-order valence-electron chi connectivity index (χ2n) is 4.24. The van der Waals surface area contributed by atoms with Crippen LogP contribution in [0.1, 0.15) is 5.56 Å². The Morgan fingerprint density at radius 2 is 1.95 bits per heavy atom. The topological polar surface area (TPSA) is 78.9 Å². The first kappa shape index (κ1) is 16.1. The van der Waals surface area contributed by atoms with Crippen LogP contribution in [0.2, 0.25) is 0 Å². The van der Waals surface area contributed by atoms with Gasteiger partial charge in [0.05, 0.1) is 19.8 Å². The normalized spacial score (nSPS) is 10.1. The summed E-state index contributed by atoms with van der Waals surface area (Å²) in [6.45, 7) is 1.05. The summed E-state index contributed by atoms with van der Waals surface area (Å²) in [7, 11) is 1.58. The lowest BCUT2D eigenvalue weighted by Gasteiger charge is -2.16. The monoisotopic (exact) mass is 280 g/mol. The molecular formula is C14H20N2O4. The molecule has 20 heavy (non-hydrogen) atoms. The van der Waals surface area contributed by atoms with Crippen LogP contribution in [-0.4, -0.2) is 55.2 Å². The molecule has 0 saturated carbocycles. The minimum atomic E-state index is -0.656. The number of amides is 2. The van der Waals surface area contributed by atoms with Gasteiger partial charge in [0.1, 0.15) is 0 Å². The Kier molecular flexibility index (Phi) is 7.31. The lowest BCUT2D eigenvalue weighted by molar-refractivity contribution is -0.145. The Bertz CT molecular complexity index is 422. The van der Waals surface area contributed by atoms with Crippen LogP contribution in [0.3, 0.4) is 0 Å². The molecule has 0 aliphatic carbocycles. The largest absolute Gasteiger partial charge is 0.394 e. The number of nitrogens with one attached hydrogen (secondary N) is 1. The van der Waals surface area contributed by atoms with Gasteiger partial charge in [0, 0.05) is 20.1 Å². The Labute approximate surface area is 118 Å². The maximum absolute atomic E-state index is 11.8. The van der Waals surface area contributed by atoms with Crippen molar-refractivity contribution in [3.05, 3.63) is 35.9 Å². The van der Waals surface area contributed by atoms with Crippen molar-refractivity contribution in [3.8, 4) is 0 Å². The van der Waals surface area contributed by atoms with Gasteiger partial charge in [0.2, 0.25) is 0 Å². The second-order valence-corrected chi connectivity index (χ2v) is 4.24. The molecule has 2 N–H and O–H groups in total. The number of benzene rings is 1. The van der Waals surface area contributed by atoms with E-state index in [4.69, 9.17) is 9.84 Å². The summed E-state index contributed by atoms with van der Waals surface area (Å²) in [5, 5.41) is 11.0. The first-order valence-electron chi connectivity index (χ1n) is 6.41. The minimum Gasteiger partial charge on any atom is -0.394 e. The summed E-state index contributed by atoms with van der Waals surface area (Å²) in [6, 6.07) is 9.44. The molecule has 110 valence electrons. The summed E-state index contributed by atoms with van der Waals surface area (Å²) >= 11 is 0. The third-order valence-electron chi connectivity index (χ3n) is 2.57. The van der Waals surface area contributed by atoms with Crippen molar-refractivity contribution in [1.29, 1.82) is 0 Å². The average Bonchev–Trinajstić information content (AvgIpc) is 2.47. The number of hydrogen-bond acceptors (Lipinski definition) is 4. The number of ether oxygens (including phenoxy) is 1. The van der Waals surface area contributed by atoms with Crippen molar-refractivity contribution in [2.45, 2.75) is 6.54 Å². The molecule has 0 fully saturated rings. The van der Waals surface area contributed by atoms with Crippen LogP contribution in [0.4, 0.5) is 0 Å². The molecule has 0 spiro atoms. The zero-order valence-electron chi connectivity index (χ0n) is 11.5. The van der Waals surface area contributed by atoms with Crippen molar-refractivity contribution >= 4 is 11.8 Å². The highest BCUT2D eigenvalue weighted by molar-refractivity contribution is 6.34. The van der Waals surface area contributed by atoms with Crippen LogP contribution in [0.5, 0.6) is 0 Å². The molecule has 6 heteroatoms. The number of aliphatic hydroxyl groups excluding tert-OH is 1. The van der Waals surface area contributed by atoms with Gasteiger partial charge in [-0.15, -0.1) is 0 Å². The van der Waals surface area contributed by atoms with Crippen molar-refractivity contribution in [2.24, 2.45) is 0 Å². The van der Waals surface area contributed by atoms with E-state index < -0.39 is 11.8 Å². The van der Waals surface area contributed by atoms with E-state index in [1.54, 1.807) is 7.05 Å². The summed E-state index contributed by atoms with van der Waals surface area (Å²) in [5.41, 5.74) is 0.961. The van der Waals surface area contributed by atoms with E-state index in [1.807, 2.05) is 30.3 Å². The molecule has 0 aliphatic heterocycles. The minimum absolute atomic E-state index is 0.0628. The van der Waals surface area contributed by atoms with Crippen LogP contribution < -0.4 is 5.32 Å². The molecule has 1 aromatic rings. The number of rotatable bonds is 7. The highest BCUT2D eigenvalue weighted by Gasteiger charge is 2.17. The first-order valence-corrected chi connectivity index (χ1v) is 6.41. The van der Waals surface area contributed by atoms with E-state index in [1.165, 1.54) is 4.90 Å². The molecule has 0 aliphatic rings. The molecule has 1 rings (SSSR count). The molecule has 6 nitrogen and oxygen atoms in total. The maximum atomic E-state index is 11.8. The molecule has 0 unspecified atom stereocenters. The molecule has 0 aromatic heterocycles. The van der Waals surface area contributed by atoms with Gasteiger partial charge in [0.15, 0.2) is 0 Å². The zero-order chi connectivity index (χ0) is 14.8. The van der Waals surface area contributed by atoms with Crippen LogP contribution in [0.15, 0.2) is 30.3 Å². The maximum Gasteiger partial charge on any atom is 0.311 e. The standard InChI is InChI=1S/C14H20N2O4/c1-16(11-12-5-3-2-4-6-12)14(19)13(18)15-7-9-20-10-8-17/h2-6,17H,7-11H2,1H3,(H,15,18). The molecule has 0 bridgehead atoms. The van der Waals surface area contributed by atoms with Crippen LogP contribution in [-0.2, 0) is 20.9 Å². The molecule has 2 amide bonds.